The number of nitrogens with zero attached hydrogens (tertiary/aromatic N) is 1. The molecule has 0 saturated carbocycles. The van der Waals surface area contributed by atoms with Crippen LogP contribution in [0, 0.1) is 11.8 Å². The third-order valence-electron chi connectivity index (χ3n) is 5.64. The molecule has 1 unspecified atom stereocenters. The molecule has 1 heterocycles. The normalized spacial score (nSPS) is 11.5. The molecule has 0 aliphatic carbocycles. The quantitative estimate of drug-likeness (QED) is 0.449. The highest BCUT2D eigenvalue weighted by molar-refractivity contribution is 5.87. The predicted octanol–water partition coefficient (Wildman–Crippen LogP) is 3.60. The zero-order chi connectivity index (χ0) is 24.2. The minimum atomic E-state index is -1.04. The summed E-state index contributed by atoms with van der Waals surface area (Å²) >= 11 is 0. The highest BCUT2D eigenvalue weighted by Crippen LogP contribution is 2.17. The molecule has 0 fully saturated rings. The molecule has 4 aromatic rings. The highest BCUT2D eigenvalue weighted by Gasteiger charge is 2.16. The molecule has 0 amide bonds. The summed E-state index contributed by atoms with van der Waals surface area (Å²) < 4.78 is 6.29. The Morgan fingerprint density at radius 3 is 2.41 bits per heavy atom. The van der Waals surface area contributed by atoms with Gasteiger partial charge < -0.3 is 14.8 Å². The number of methoxy groups -OCH3 is 1. The number of aromatic nitrogens is 2. The first kappa shape index (κ1) is 22.6. The number of carboxylic acids is 1. The number of carbonyl (C=O) groups is 1. The number of benzene rings is 3. The van der Waals surface area contributed by atoms with Gasteiger partial charge >= 0.3 is 11.7 Å². The fourth-order valence-corrected chi connectivity index (χ4v) is 3.70. The molecule has 0 bridgehead atoms. The Morgan fingerprint density at radius 1 is 1.06 bits per heavy atom. The van der Waals surface area contributed by atoms with E-state index in [-0.39, 0.29) is 5.56 Å². The van der Waals surface area contributed by atoms with Crippen molar-refractivity contribution in [1.82, 2.24) is 9.55 Å². The van der Waals surface area contributed by atoms with Crippen molar-refractivity contribution in [3.8, 4) is 17.6 Å². The lowest BCUT2D eigenvalue weighted by atomic mass is 10.1. The van der Waals surface area contributed by atoms with Crippen LogP contribution in [0.2, 0.25) is 0 Å². The molecule has 4 rings (SSSR count). The van der Waals surface area contributed by atoms with Crippen molar-refractivity contribution in [2.45, 2.75) is 19.4 Å². The van der Waals surface area contributed by atoms with Crippen molar-refractivity contribution >= 4 is 16.9 Å². The van der Waals surface area contributed by atoms with Crippen molar-refractivity contribution in [1.29, 1.82) is 0 Å². The van der Waals surface area contributed by atoms with Crippen LogP contribution in [0.4, 0.5) is 0 Å². The molecule has 34 heavy (non-hydrogen) atoms. The number of carboxylic acid groups (broad SMARTS) is 1. The van der Waals surface area contributed by atoms with Crippen LogP contribution in [0.3, 0.4) is 0 Å². The van der Waals surface area contributed by atoms with Crippen molar-refractivity contribution in [3.63, 3.8) is 0 Å². The van der Waals surface area contributed by atoms with Crippen LogP contribution in [-0.2, 0) is 6.42 Å². The predicted molar refractivity (Wildman–Crippen MR) is 130 cm³/mol. The third-order valence-corrected chi connectivity index (χ3v) is 5.64. The highest BCUT2D eigenvalue weighted by atomic mass is 16.5. The van der Waals surface area contributed by atoms with Gasteiger partial charge in [-0.1, -0.05) is 36.1 Å². The van der Waals surface area contributed by atoms with Gasteiger partial charge in [0.2, 0.25) is 0 Å². The number of hydrogen-bond donors (Lipinski definition) is 2. The zero-order valence-electron chi connectivity index (χ0n) is 18.7. The van der Waals surface area contributed by atoms with E-state index in [1.54, 1.807) is 44.4 Å². The molecule has 0 spiro atoms. The van der Waals surface area contributed by atoms with E-state index < -0.39 is 23.3 Å². The average Bonchev–Trinajstić information content (AvgIpc) is 2.84. The van der Waals surface area contributed by atoms with Crippen LogP contribution in [0.25, 0.3) is 10.9 Å². The van der Waals surface area contributed by atoms with Crippen molar-refractivity contribution in [2.75, 3.05) is 7.11 Å². The minimum absolute atomic E-state index is 0.133. The maximum Gasteiger partial charge on any atom is 0.335 e. The Morgan fingerprint density at radius 2 is 1.76 bits per heavy atom. The van der Waals surface area contributed by atoms with E-state index in [9.17, 15) is 14.4 Å². The van der Waals surface area contributed by atoms with Crippen molar-refractivity contribution in [2.24, 2.45) is 0 Å². The summed E-state index contributed by atoms with van der Waals surface area (Å²) in [7, 11) is 1.62. The molecule has 2 N–H and O–H groups in total. The number of fused-ring (bicyclic) bond motifs is 1. The third kappa shape index (κ3) is 4.62. The Labute approximate surface area is 195 Å². The maximum absolute atomic E-state index is 13.2. The summed E-state index contributed by atoms with van der Waals surface area (Å²) in [4.78, 5) is 39.8. The molecule has 0 aliphatic heterocycles. The molecule has 1 atom stereocenters. The zero-order valence-corrected chi connectivity index (χ0v) is 18.7. The summed E-state index contributed by atoms with van der Waals surface area (Å²) in [5.74, 6) is 5.92. The van der Waals surface area contributed by atoms with E-state index in [1.165, 1.54) is 12.1 Å². The van der Waals surface area contributed by atoms with Gasteiger partial charge in [-0.2, -0.15) is 0 Å². The lowest BCUT2D eigenvalue weighted by molar-refractivity contribution is 0.0697. The van der Waals surface area contributed by atoms with Crippen LogP contribution in [0.5, 0.6) is 5.75 Å². The monoisotopic (exact) mass is 454 g/mol. The number of hydrogen-bond acceptors (Lipinski definition) is 4. The first-order chi connectivity index (χ1) is 16.4. The second-order valence-corrected chi connectivity index (χ2v) is 7.80. The summed E-state index contributed by atoms with van der Waals surface area (Å²) in [6.07, 6.45) is 0.543. The van der Waals surface area contributed by atoms with Gasteiger partial charge in [-0.25, -0.2) is 9.59 Å². The van der Waals surface area contributed by atoms with Crippen LogP contribution < -0.4 is 16.0 Å². The SMILES string of the molecule is COc1ccc(CC#Cc2ccc3[nH]c(=O)n(C(C)c4ccc(C(=O)O)cc4)c(=O)c3c2)cc1. The molecule has 1 aromatic heterocycles. The lowest BCUT2D eigenvalue weighted by Crippen LogP contribution is -2.37. The molecule has 170 valence electrons. The van der Waals surface area contributed by atoms with Crippen LogP contribution >= 0.6 is 0 Å². The van der Waals surface area contributed by atoms with Crippen molar-refractivity contribution in [3.05, 3.63) is 110 Å². The Hall–Kier alpha value is -4.57. The van der Waals surface area contributed by atoms with E-state index in [0.717, 1.165) is 15.9 Å². The van der Waals surface area contributed by atoms with E-state index in [1.807, 2.05) is 24.3 Å². The van der Waals surface area contributed by atoms with Gasteiger partial charge in [-0.15, -0.1) is 0 Å². The van der Waals surface area contributed by atoms with Gasteiger partial charge in [0, 0.05) is 12.0 Å². The fraction of sp³-hybridized carbons (Fsp3) is 0.148. The van der Waals surface area contributed by atoms with Crippen LogP contribution in [0.15, 0.2) is 76.3 Å². The molecular formula is C27H22N2O5. The molecule has 7 heteroatoms. The summed E-state index contributed by atoms with van der Waals surface area (Å²) in [5, 5.41) is 9.44. The molecule has 7 nitrogen and oxygen atoms in total. The van der Waals surface area contributed by atoms with Gasteiger partial charge in [-0.3, -0.25) is 9.36 Å². The van der Waals surface area contributed by atoms with Gasteiger partial charge in [-0.05, 0) is 60.5 Å². The Bertz CT molecular complexity index is 1540. The standard InChI is InChI=1S/C27H22N2O5/c1-17(20-9-11-21(12-10-20)26(31)32)29-25(30)23-16-19(8-15-24(23)28-27(29)33)5-3-4-18-6-13-22(34-2)14-7-18/h6-17H,4H2,1-2H3,(H,28,33)(H,31,32). The lowest BCUT2D eigenvalue weighted by Gasteiger charge is -2.15. The first-order valence-electron chi connectivity index (χ1n) is 10.6. The summed E-state index contributed by atoms with van der Waals surface area (Å²) in [6, 6.07) is 18.3. The summed E-state index contributed by atoms with van der Waals surface area (Å²) in [6.45, 7) is 1.72. The van der Waals surface area contributed by atoms with E-state index in [0.29, 0.717) is 28.5 Å². The first-order valence-corrected chi connectivity index (χ1v) is 10.6. The number of aromatic carboxylic acids is 1. The average molecular weight is 454 g/mol. The van der Waals surface area contributed by atoms with Gasteiger partial charge in [0.25, 0.3) is 5.56 Å². The van der Waals surface area contributed by atoms with Gasteiger partial charge in [0.05, 0.1) is 29.6 Å². The Balaban J connectivity index is 1.66. The van der Waals surface area contributed by atoms with Crippen LogP contribution in [-0.4, -0.2) is 27.7 Å². The Kier molecular flexibility index (Phi) is 6.33. The maximum atomic E-state index is 13.2. The number of nitrogens with one attached hydrogen (secondary N) is 1. The number of H-pyrrole nitrogens is 1. The van der Waals surface area contributed by atoms with Crippen molar-refractivity contribution < 1.29 is 14.6 Å². The molecule has 0 saturated heterocycles. The second-order valence-electron chi connectivity index (χ2n) is 7.80. The van der Waals surface area contributed by atoms with Crippen LogP contribution in [0.1, 0.15) is 40.0 Å². The fourth-order valence-electron chi connectivity index (χ4n) is 3.70. The molecule has 0 radical (unpaired) electrons. The second kappa shape index (κ2) is 9.51. The largest absolute Gasteiger partial charge is 0.497 e. The molecule has 3 aromatic carbocycles. The molecular weight excluding hydrogens is 432 g/mol. The number of aromatic amines is 1. The summed E-state index contributed by atoms with van der Waals surface area (Å²) in [5.41, 5.74) is 1.94. The van der Waals surface area contributed by atoms with Gasteiger partial charge in [0.15, 0.2) is 0 Å². The van der Waals surface area contributed by atoms with Gasteiger partial charge in [0.1, 0.15) is 5.75 Å². The minimum Gasteiger partial charge on any atom is -0.497 e. The smallest absolute Gasteiger partial charge is 0.335 e. The molecule has 0 aliphatic rings. The van der Waals surface area contributed by atoms with E-state index >= 15 is 0 Å². The number of ether oxygens (including phenoxy) is 1. The van der Waals surface area contributed by atoms with E-state index in [4.69, 9.17) is 9.84 Å². The number of rotatable bonds is 5. The topological polar surface area (TPSA) is 101 Å². The van der Waals surface area contributed by atoms with E-state index in [2.05, 4.69) is 16.8 Å².